The van der Waals surface area contributed by atoms with E-state index in [0.29, 0.717) is 6.54 Å². The van der Waals surface area contributed by atoms with Crippen molar-refractivity contribution in [1.29, 1.82) is 0 Å². The third kappa shape index (κ3) is 4.62. The van der Waals surface area contributed by atoms with Gasteiger partial charge in [-0.15, -0.1) is 5.73 Å². The van der Waals surface area contributed by atoms with Crippen molar-refractivity contribution >= 4 is 10.0 Å². The van der Waals surface area contributed by atoms with Crippen molar-refractivity contribution in [2.45, 2.75) is 31.1 Å². The van der Waals surface area contributed by atoms with Crippen LogP contribution < -0.4 is 0 Å². The molecule has 0 aliphatic rings. The molecule has 0 aliphatic heterocycles. The molecule has 1 heterocycles. The highest BCUT2D eigenvalue weighted by atomic mass is 32.2. The van der Waals surface area contributed by atoms with Crippen molar-refractivity contribution < 1.29 is 12.8 Å². The molecule has 2 rings (SSSR count). The Bertz CT molecular complexity index is 755. The maximum atomic E-state index is 12.7. The molecule has 0 amide bonds. The largest absolute Gasteiger partial charge is 0.469 e. The third-order valence-corrected chi connectivity index (χ3v) is 5.27. The Morgan fingerprint density at radius 3 is 2.57 bits per heavy atom. The second-order valence-electron chi connectivity index (χ2n) is 5.30. The lowest BCUT2D eigenvalue weighted by Gasteiger charge is -2.19. The number of hydrogen-bond acceptors (Lipinski definition) is 3. The van der Waals surface area contributed by atoms with E-state index in [1.807, 2.05) is 19.1 Å². The van der Waals surface area contributed by atoms with Gasteiger partial charge in [0, 0.05) is 13.0 Å². The van der Waals surface area contributed by atoms with Crippen molar-refractivity contribution in [3.63, 3.8) is 0 Å². The van der Waals surface area contributed by atoms with E-state index in [2.05, 4.69) is 12.3 Å². The molecule has 0 spiro atoms. The Hall–Kier alpha value is -2.23. The van der Waals surface area contributed by atoms with Gasteiger partial charge in [-0.05, 0) is 44.0 Å². The number of benzene rings is 1. The first kappa shape index (κ1) is 17.1. The maximum Gasteiger partial charge on any atom is 0.264 e. The summed E-state index contributed by atoms with van der Waals surface area (Å²) in [6.45, 7) is 5.80. The van der Waals surface area contributed by atoms with Crippen LogP contribution in [0.3, 0.4) is 0 Å². The Labute approximate surface area is 137 Å². The molecule has 0 unspecified atom stereocenters. The lowest BCUT2D eigenvalue weighted by Crippen LogP contribution is -2.27. The zero-order chi connectivity index (χ0) is 16.7. The van der Waals surface area contributed by atoms with Gasteiger partial charge in [-0.1, -0.05) is 24.3 Å². The fraction of sp³-hybridized carbons (Fsp3) is 0.278. The fourth-order valence-electron chi connectivity index (χ4n) is 2.22. The fourth-order valence-corrected chi connectivity index (χ4v) is 3.56. The topological polar surface area (TPSA) is 50.5 Å². The first-order chi connectivity index (χ1) is 11.0. The van der Waals surface area contributed by atoms with Crippen LogP contribution in [0.15, 0.2) is 70.5 Å². The number of furan rings is 1. The van der Waals surface area contributed by atoms with Gasteiger partial charge in [-0.2, -0.15) is 0 Å². The highest BCUT2D eigenvalue weighted by molar-refractivity contribution is 7.89. The number of hydrogen-bond donors (Lipinski definition) is 0. The molecule has 0 aliphatic carbocycles. The second-order valence-corrected chi connectivity index (χ2v) is 7.19. The smallest absolute Gasteiger partial charge is 0.264 e. The number of aryl methyl sites for hydroxylation is 2. The van der Waals surface area contributed by atoms with Gasteiger partial charge in [0.25, 0.3) is 10.0 Å². The standard InChI is InChI=1S/C18H21NO3S/c1-3-13-19(14-5-4-7-17-8-6-15-22-17)23(20,21)18-11-9-16(2)10-12-18/h6,8-13,15H,1,4-5,7,14H2,2H3. The molecule has 0 radical (unpaired) electrons. The number of rotatable bonds is 8. The zero-order valence-electron chi connectivity index (χ0n) is 13.2. The summed E-state index contributed by atoms with van der Waals surface area (Å²) in [5.41, 5.74) is 3.58. The van der Waals surface area contributed by atoms with Crippen LogP contribution in [0.25, 0.3) is 0 Å². The summed E-state index contributed by atoms with van der Waals surface area (Å²) >= 11 is 0. The average Bonchev–Trinajstić information content (AvgIpc) is 3.04. The molecule has 0 fully saturated rings. The molecule has 4 nitrogen and oxygen atoms in total. The molecular weight excluding hydrogens is 310 g/mol. The predicted molar refractivity (Wildman–Crippen MR) is 90.4 cm³/mol. The van der Waals surface area contributed by atoms with E-state index in [0.717, 1.165) is 30.6 Å². The highest BCUT2D eigenvalue weighted by Gasteiger charge is 2.20. The minimum Gasteiger partial charge on any atom is -0.469 e. The van der Waals surface area contributed by atoms with Crippen LogP contribution in [0.1, 0.15) is 24.2 Å². The molecule has 0 N–H and O–H groups in total. The Balaban J connectivity index is 2.01. The number of sulfonamides is 1. The summed E-state index contributed by atoms with van der Waals surface area (Å²) in [5.74, 6) is 0.914. The van der Waals surface area contributed by atoms with E-state index >= 15 is 0 Å². The molecule has 0 bridgehead atoms. The Morgan fingerprint density at radius 2 is 1.96 bits per heavy atom. The van der Waals surface area contributed by atoms with Gasteiger partial charge >= 0.3 is 0 Å². The summed E-state index contributed by atoms with van der Waals surface area (Å²) in [6, 6.07) is 10.6. The second kappa shape index (κ2) is 7.86. The van der Waals surface area contributed by atoms with Gasteiger partial charge in [0.2, 0.25) is 0 Å². The van der Waals surface area contributed by atoms with Crippen LogP contribution in [0.4, 0.5) is 0 Å². The van der Waals surface area contributed by atoms with E-state index < -0.39 is 10.0 Å². The van der Waals surface area contributed by atoms with Crippen LogP contribution >= 0.6 is 0 Å². The van der Waals surface area contributed by atoms with Crippen LogP contribution in [0.5, 0.6) is 0 Å². The van der Waals surface area contributed by atoms with Crippen molar-refractivity contribution in [3.8, 4) is 0 Å². The van der Waals surface area contributed by atoms with Crippen molar-refractivity contribution in [2.24, 2.45) is 0 Å². The van der Waals surface area contributed by atoms with E-state index in [1.54, 1.807) is 30.5 Å². The number of nitrogens with zero attached hydrogens (tertiary/aromatic N) is 1. The molecule has 2 aromatic rings. The molecule has 1 aromatic heterocycles. The SMILES string of the molecule is C=C=CN(CCCCc1ccco1)S(=O)(=O)c1ccc(C)cc1. The summed E-state index contributed by atoms with van der Waals surface area (Å²) < 4.78 is 31.9. The molecular formula is C18H21NO3S. The van der Waals surface area contributed by atoms with E-state index in [-0.39, 0.29) is 4.90 Å². The normalized spacial score (nSPS) is 11.0. The van der Waals surface area contributed by atoms with Gasteiger partial charge in [-0.25, -0.2) is 8.42 Å². The lowest BCUT2D eigenvalue weighted by atomic mass is 10.2. The summed E-state index contributed by atoms with van der Waals surface area (Å²) in [6.07, 6.45) is 5.40. The molecule has 23 heavy (non-hydrogen) atoms. The van der Waals surface area contributed by atoms with Crippen molar-refractivity contribution in [2.75, 3.05) is 6.54 Å². The third-order valence-electron chi connectivity index (χ3n) is 3.49. The van der Waals surface area contributed by atoms with Crippen LogP contribution in [0, 0.1) is 6.92 Å². The summed E-state index contributed by atoms with van der Waals surface area (Å²) in [5, 5.41) is 0. The molecule has 122 valence electrons. The van der Waals surface area contributed by atoms with E-state index in [1.165, 1.54) is 10.5 Å². The van der Waals surface area contributed by atoms with Crippen molar-refractivity contribution in [1.82, 2.24) is 4.31 Å². The quantitative estimate of drug-likeness (QED) is 0.544. The van der Waals surface area contributed by atoms with Gasteiger partial charge in [-0.3, -0.25) is 4.31 Å². The Morgan fingerprint density at radius 1 is 1.22 bits per heavy atom. The minimum atomic E-state index is -3.56. The first-order valence-corrected chi connectivity index (χ1v) is 8.95. The highest BCUT2D eigenvalue weighted by Crippen LogP contribution is 2.18. The van der Waals surface area contributed by atoms with Gasteiger partial charge in [0.15, 0.2) is 0 Å². The maximum absolute atomic E-state index is 12.7. The monoisotopic (exact) mass is 331 g/mol. The minimum absolute atomic E-state index is 0.278. The van der Waals surface area contributed by atoms with Crippen LogP contribution in [-0.2, 0) is 16.4 Å². The lowest BCUT2D eigenvalue weighted by molar-refractivity contribution is 0.465. The molecule has 5 heteroatoms. The molecule has 0 saturated heterocycles. The predicted octanol–water partition coefficient (Wildman–Crippen LogP) is 3.90. The summed E-state index contributed by atoms with van der Waals surface area (Å²) in [7, 11) is -3.56. The van der Waals surface area contributed by atoms with E-state index in [4.69, 9.17) is 4.42 Å². The van der Waals surface area contributed by atoms with Crippen LogP contribution in [0.2, 0.25) is 0 Å². The van der Waals surface area contributed by atoms with Crippen molar-refractivity contribution in [3.05, 3.63) is 72.5 Å². The van der Waals surface area contributed by atoms with Gasteiger partial charge < -0.3 is 4.42 Å². The number of unbranched alkanes of at least 4 members (excludes halogenated alkanes) is 1. The average molecular weight is 331 g/mol. The molecule has 1 aromatic carbocycles. The molecule has 0 saturated carbocycles. The zero-order valence-corrected chi connectivity index (χ0v) is 14.1. The van der Waals surface area contributed by atoms with E-state index in [9.17, 15) is 8.42 Å². The first-order valence-electron chi connectivity index (χ1n) is 7.51. The van der Waals surface area contributed by atoms with Gasteiger partial charge in [0.1, 0.15) is 5.76 Å². The Kier molecular flexibility index (Phi) is 5.85. The van der Waals surface area contributed by atoms with Crippen LogP contribution in [-0.4, -0.2) is 19.3 Å². The molecule has 0 atom stereocenters. The summed E-state index contributed by atoms with van der Waals surface area (Å²) in [4.78, 5) is 0.278. The van der Waals surface area contributed by atoms with Gasteiger partial charge in [0.05, 0.1) is 17.4 Å².